The molecule has 1 aromatic heterocycles. The zero-order valence-corrected chi connectivity index (χ0v) is 15.9. The third kappa shape index (κ3) is 4.72. The van der Waals surface area contributed by atoms with Gasteiger partial charge in [-0.2, -0.15) is 0 Å². The fourth-order valence-electron chi connectivity index (χ4n) is 3.14. The van der Waals surface area contributed by atoms with Crippen molar-refractivity contribution in [1.82, 2.24) is 4.98 Å². The van der Waals surface area contributed by atoms with Gasteiger partial charge in [0.05, 0.1) is 12.1 Å². The monoisotopic (exact) mass is 374 g/mol. The molecule has 3 aromatic rings. The Morgan fingerprint density at radius 1 is 1.11 bits per heavy atom. The van der Waals surface area contributed by atoms with Gasteiger partial charge in [0.15, 0.2) is 0 Å². The Morgan fingerprint density at radius 3 is 2.74 bits per heavy atom. The number of hydrogen-bond donors (Lipinski definition) is 1. The van der Waals surface area contributed by atoms with E-state index in [1.165, 1.54) is 25.0 Å². The first-order chi connectivity index (χ1) is 13.3. The molecule has 2 aromatic carbocycles. The minimum Gasteiger partial charge on any atom is -0.326 e. The van der Waals surface area contributed by atoms with Crippen molar-refractivity contribution in [2.75, 3.05) is 5.32 Å². The summed E-state index contributed by atoms with van der Waals surface area (Å²) in [7, 11) is 0. The van der Waals surface area contributed by atoms with Crippen molar-refractivity contribution in [3.8, 4) is 0 Å². The van der Waals surface area contributed by atoms with E-state index >= 15 is 0 Å². The van der Waals surface area contributed by atoms with E-state index in [1.54, 1.807) is 11.3 Å². The van der Waals surface area contributed by atoms with Gasteiger partial charge in [-0.05, 0) is 42.2 Å². The minimum absolute atomic E-state index is 0.00704. The van der Waals surface area contributed by atoms with Crippen LogP contribution in [0, 0.1) is 0 Å². The molecule has 1 aliphatic rings. The van der Waals surface area contributed by atoms with Crippen LogP contribution in [0.1, 0.15) is 47.0 Å². The largest absolute Gasteiger partial charge is 0.326 e. The number of carbonyl (C=O) groups is 1. The number of hydrogen-bond acceptors (Lipinski definition) is 3. The van der Waals surface area contributed by atoms with Crippen molar-refractivity contribution in [1.29, 1.82) is 0 Å². The second-order valence-corrected chi connectivity index (χ2v) is 7.80. The molecule has 0 saturated heterocycles. The number of amides is 1. The summed E-state index contributed by atoms with van der Waals surface area (Å²) >= 11 is 1.69. The SMILES string of the molecule is O=C(Cc1ccccc1)Nc1cccc(C=Cc2nc(C3CCC3)cs2)c1. The highest BCUT2D eigenvalue weighted by Gasteiger charge is 2.21. The van der Waals surface area contributed by atoms with Gasteiger partial charge in [0, 0.05) is 17.0 Å². The lowest BCUT2D eigenvalue weighted by molar-refractivity contribution is -0.115. The molecule has 136 valence electrons. The average Bonchev–Trinajstić information content (AvgIpc) is 3.08. The smallest absolute Gasteiger partial charge is 0.228 e. The van der Waals surface area contributed by atoms with E-state index in [0.717, 1.165) is 21.8 Å². The van der Waals surface area contributed by atoms with Gasteiger partial charge in [0.2, 0.25) is 5.91 Å². The van der Waals surface area contributed by atoms with Gasteiger partial charge in [-0.1, -0.05) is 55.0 Å². The van der Waals surface area contributed by atoms with E-state index in [0.29, 0.717) is 12.3 Å². The Morgan fingerprint density at radius 2 is 1.96 bits per heavy atom. The van der Waals surface area contributed by atoms with Gasteiger partial charge in [-0.15, -0.1) is 11.3 Å². The molecule has 1 N–H and O–H groups in total. The van der Waals surface area contributed by atoms with Gasteiger partial charge in [-0.25, -0.2) is 4.98 Å². The van der Waals surface area contributed by atoms with E-state index in [-0.39, 0.29) is 5.91 Å². The van der Waals surface area contributed by atoms with E-state index < -0.39 is 0 Å². The molecule has 1 heterocycles. The number of rotatable bonds is 6. The lowest BCUT2D eigenvalue weighted by Gasteiger charge is -2.22. The summed E-state index contributed by atoms with van der Waals surface area (Å²) in [5.74, 6) is 0.666. The highest BCUT2D eigenvalue weighted by molar-refractivity contribution is 7.10. The highest BCUT2D eigenvalue weighted by Crippen LogP contribution is 2.36. The first-order valence-electron chi connectivity index (χ1n) is 9.33. The average molecular weight is 375 g/mol. The van der Waals surface area contributed by atoms with Crippen LogP contribution >= 0.6 is 11.3 Å². The van der Waals surface area contributed by atoms with Gasteiger partial charge in [0.25, 0.3) is 0 Å². The second kappa shape index (κ2) is 8.31. The van der Waals surface area contributed by atoms with Crippen molar-refractivity contribution in [2.24, 2.45) is 0 Å². The number of carbonyl (C=O) groups excluding carboxylic acids is 1. The summed E-state index contributed by atoms with van der Waals surface area (Å²) < 4.78 is 0. The maximum absolute atomic E-state index is 12.2. The van der Waals surface area contributed by atoms with Gasteiger partial charge < -0.3 is 5.32 Å². The first kappa shape index (κ1) is 17.7. The zero-order valence-electron chi connectivity index (χ0n) is 15.1. The van der Waals surface area contributed by atoms with E-state index in [4.69, 9.17) is 4.98 Å². The summed E-state index contributed by atoms with van der Waals surface area (Å²) in [6, 6.07) is 17.7. The maximum Gasteiger partial charge on any atom is 0.228 e. The van der Waals surface area contributed by atoms with E-state index in [1.807, 2.05) is 54.6 Å². The Bertz CT molecular complexity index is 942. The Labute approximate surface area is 163 Å². The van der Waals surface area contributed by atoms with Crippen molar-refractivity contribution < 1.29 is 4.79 Å². The fourth-order valence-corrected chi connectivity index (χ4v) is 3.93. The molecule has 1 amide bonds. The second-order valence-electron chi connectivity index (χ2n) is 6.91. The predicted octanol–water partition coefficient (Wildman–Crippen LogP) is 5.76. The molecule has 27 heavy (non-hydrogen) atoms. The Balaban J connectivity index is 1.38. The molecule has 0 atom stereocenters. The molecule has 0 unspecified atom stereocenters. The number of benzene rings is 2. The van der Waals surface area contributed by atoms with Crippen LogP contribution in [0.4, 0.5) is 5.69 Å². The minimum atomic E-state index is -0.00704. The fraction of sp³-hybridized carbons (Fsp3) is 0.217. The van der Waals surface area contributed by atoms with Gasteiger partial charge in [-0.3, -0.25) is 4.79 Å². The summed E-state index contributed by atoms with van der Waals surface area (Å²) in [5.41, 5.74) is 4.12. The summed E-state index contributed by atoms with van der Waals surface area (Å²) in [5, 5.41) is 6.20. The topological polar surface area (TPSA) is 42.0 Å². The van der Waals surface area contributed by atoms with Crippen LogP contribution in [0.5, 0.6) is 0 Å². The van der Waals surface area contributed by atoms with Crippen molar-refractivity contribution >= 4 is 35.1 Å². The first-order valence-corrected chi connectivity index (χ1v) is 10.2. The van der Waals surface area contributed by atoms with Crippen LogP contribution in [0.2, 0.25) is 0 Å². The molecule has 4 heteroatoms. The molecule has 0 spiro atoms. The Kier molecular flexibility index (Phi) is 5.45. The molecule has 1 saturated carbocycles. The summed E-state index contributed by atoms with van der Waals surface area (Å²) in [6.07, 6.45) is 8.36. The summed E-state index contributed by atoms with van der Waals surface area (Å²) in [4.78, 5) is 17.0. The molecule has 0 aliphatic heterocycles. The van der Waals surface area contributed by atoms with E-state index in [2.05, 4.69) is 22.8 Å². The number of anilines is 1. The van der Waals surface area contributed by atoms with Gasteiger partial charge in [0.1, 0.15) is 5.01 Å². The quantitative estimate of drug-likeness (QED) is 0.596. The highest BCUT2D eigenvalue weighted by atomic mass is 32.1. The third-order valence-electron chi connectivity index (χ3n) is 4.86. The van der Waals surface area contributed by atoms with Crippen LogP contribution in [0.3, 0.4) is 0 Å². The lowest BCUT2D eigenvalue weighted by atomic mass is 9.83. The molecule has 1 fully saturated rings. The van der Waals surface area contributed by atoms with E-state index in [9.17, 15) is 4.79 Å². The van der Waals surface area contributed by atoms with Crippen LogP contribution in [0.25, 0.3) is 12.2 Å². The Hall–Kier alpha value is -2.72. The number of aromatic nitrogens is 1. The molecule has 3 nitrogen and oxygen atoms in total. The number of nitrogens with one attached hydrogen (secondary N) is 1. The molecule has 0 radical (unpaired) electrons. The molecule has 1 aliphatic carbocycles. The lowest BCUT2D eigenvalue weighted by Crippen LogP contribution is -2.14. The molecule has 4 rings (SSSR count). The zero-order chi connectivity index (χ0) is 18.5. The van der Waals surface area contributed by atoms with Crippen LogP contribution in [-0.2, 0) is 11.2 Å². The standard InChI is InChI=1S/C23H22N2OS/c26-22(15-17-6-2-1-3-7-17)24-20-11-4-8-18(14-20)12-13-23-25-21(16-27-23)19-9-5-10-19/h1-4,6-8,11-14,16,19H,5,9-10,15H2,(H,24,26). The van der Waals surface area contributed by atoms with Crippen molar-refractivity contribution in [3.63, 3.8) is 0 Å². The number of nitrogens with zero attached hydrogens (tertiary/aromatic N) is 1. The third-order valence-corrected chi connectivity index (χ3v) is 5.69. The van der Waals surface area contributed by atoms with Crippen LogP contribution in [-0.4, -0.2) is 10.9 Å². The molecular formula is C23H22N2OS. The maximum atomic E-state index is 12.2. The van der Waals surface area contributed by atoms with Gasteiger partial charge >= 0.3 is 0 Å². The normalized spacial score (nSPS) is 14.2. The predicted molar refractivity (Wildman–Crippen MR) is 113 cm³/mol. The van der Waals surface area contributed by atoms with Crippen LogP contribution < -0.4 is 5.32 Å². The molecular weight excluding hydrogens is 352 g/mol. The molecule has 0 bridgehead atoms. The van der Waals surface area contributed by atoms with Crippen LogP contribution in [0.15, 0.2) is 60.0 Å². The van der Waals surface area contributed by atoms with Crippen molar-refractivity contribution in [2.45, 2.75) is 31.6 Å². The van der Waals surface area contributed by atoms with Crippen molar-refractivity contribution in [3.05, 3.63) is 81.8 Å². The number of thiazole rings is 1. The summed E-state index contributed by atoms with van der Waals surface area (Å²) in [6.45, 7) is 0.